The summed E-state index contributed by atoms with van der Waals surface area (Å²) in [6.45, 7) is 2.75. The summed E-state index contributed by atoms with van der Waals surface area (Å²) in [6, 6.07) is 5.46. The number of halogens is 1. The van der Waals surface area contributed by atoms with Gasteiger partial charge in [-0.2, -0.15) is 4.98 Å². The molecule has 102 valence electrons. The number of nitrogens with two attached hydrogens (primary N) is 1. The molecule has 0 spiro atoms. The van der Waals surface area contributed by atoms with E-state index in [1.54, 1.807) is 6.07 Å². The average Bonchev–Trinajstić information content (AvgIpc) is 2.86. The second kappa shape index (κ2) is 6.54. The Balaban J connectivity index is 2.05. The Morgan fingerprint density at radius 1 is 1.42 bits per heavy atom. The van der Waals surface area contributed by atoms with Crippen LogP contribution in [0.3, 0.4) is 0 Å². The zero-order valence-corrected chi connectivity index (χ0v) is 11.5. The average molecular weight is 282 g/mol. The maximum atomic E-state index is 5.95. The molecule has 1 heterocycles. The molecule has 6 heteroatoms. The van der Waals surface area contributed by atoms with Crippen LogP contribution in [0.4, 0.5) is 0 Å². The van der Waals surface area contributed by atoms with Gasteiger partial charge in [-0.25, -0.2) is 0 Å². The van der Waals surface area contributed by atoms with Gasteiger partial charge in [0.2, 0.25) is 0 Å². The summed E-state index contributed by atoms with van der Waals surface area (Å²) in [7, 11) is 0. The monoisotopic (exact) mass is 281 g/mol. The van der Waals surface area contributed by atoms with Gasteiger partial charge in [0.1, 0.15) is 5.75 Å². The summed E-state index contributed by atoms with van der Waals surface area (Å²) in [4.78, 5) is 4.18. The summed E-state index contributed by atoms with van der Waals surface area (Å²) in [5.74, 6) is 1.88. The largest absolute Gasteiger partial charge is 0.483 e. The van der Waals surface area contributed by atoms with Crippen LogP contribution in [0, 0.1) is 0 Å². The number of aryl methyl sites for hydroxylation is 1. The molecule has 5 nitrogen and oxygen atoms in total. The van der Waals surface area contributed by atoms with Gasteiger partial charge in [0, 0.05) is 11.4 Å². The number of nitrogens with zero attached hydrogens (tertiary/aromatic N) is 2. The van der Waals surface area contributed by atoms with E-state index in [0.29, 0.717) is 29.7 Å². The lowest BCUT2D eigenvalue weighted by atomic mass is 10.1. The van der Waals surface area contributed by atoms with Crippen LogP contribution >= 0.6 is 11.6 Å². The highest BCUT2D eigenvalue weighted by Crippen LogP contribution is 2.24. The summed E-state index contributed by atoms with van der Waals surface area (Å²) in [5, 5.41) is 4.48. The smallest absolute Gasteiger partial charge is 0.264 e. The maximum Gasteiger partial charge on any atom is 0.264 e. The number of hydrogen-bond donors (Lipinski definition) is 1. The third-order valence-electron chi connectivity index (χ3n) is 2.61. The van der Waals surface area contributed by atoms with Gasteiger partial charge in [0.25, 0.3) is 5.89 Å². The minimum atomic E-state index is 0.242. The van der Waals surface area contributed by atoms with Crippen LogP contribution in [-0.4, -0.2) is 16.7 Å². The molecular weight excluding hydrogens is 266 g/mol. The maximum absolute atomic E-state index is 5.95. The summed E-state index contributed by atoms with van der Waals surface area (Å²) >= 11 is 5.95. The molecule has 0 amide bonds. The van der Waals surface area contributed by atoms with Crippen LogP contribution in [-0.2, 0) is 19.4 Å². The van der Waals surface area contributed by atoms with Gasteiger partial charge in [-0.15, -0.1) is 0 Å². The van der Waals surface area contributed by atoms with Crippen LogP contribution in [0.5, 0.6) is 5.75 Å². The van der Waals surface area contributed by atoms with Crippen molar-refractivity contribution in [2.24, 2.45) is 5.73 Å². The van der Waals surface area contributed by atoms with Crippen molar-refractivity contribution in [2.75, 3.05) is 6.54 Å². The fourth-order valence-electron chi connectivity index (χ4n) is 1.67. The lowest BCUT2D eigenvalue weighted by Crippen LogP contribution is -2.05. The minimum Gasteiger partial charge on any atom is -0.483 e. The van der Waals surface area contributed by atoms with E-state index >= 15 is 0 Å². The van der Waals surface area contributed by atoms with Crippen molar-refractivity contribution in [2.45, 2.75) is 26.4 Å². The highest BCUT2D eigenvalue weighted by Gasteiger charge is 2.08. The Bertz CT molecular complexity index is 542. The third-order valence-corrected chi connectivity index (χ3v) is 2.85. The number of ether oxygens (including phenoxy) is 1. The van der Waals surface area contributed by atoms with Crippen LogP contribution in [0.2, 0.25) is 5.02 Å². The van der Waals surface area contributed by atoms with Crippen LogP contribution in [0.1, 0.15) is 24.2 Å². The molecule has 0 radical (unpaired) electrons. The van der Waals surface area contributed by atoms with Crippen molar-refractivity contribution in [3.05, 3.63) is 40.5 Å². The number of hydrogen-bond acceptors (Lipinski definition) is 5. The second-order valence-electron chi connectivity index (χ2n) is 4.04. The Morgan fingerprint density at radius 2 is 2.26 bits per heavy atom. The first-order chi connectivity index (χ1) is 9.22. The lowest BCUT2D eigenvalue weighted by Gasteiger charge is -2.09. The Hall–Kier alpha value is -1.59. The molecule has 0 aliphatic heterocycles. The summed E-state index contributed by atoms with van der Waals surface area (Å²) < 4.78 is 10.7. The van der Waals surface area contributed by atoms with E-state index in [4.69, 9.17) is 26.6 Å². The van der Waals surface area contributed by atoms with Gasteiger partial charge in [-0.05, 0) is 36.7 Å². The molecule has 0 bridgehead atoms. The topological polar surface area (TPSA) is 74.2 Å². The van der Waals surface area contributed by atoms with Crippen molar-refractivity contribution in [1.82, 2.24) is 10.1 Å². The highest BCUT2D eigenvalue weighted by atomic mass is 35.5. The van der Waals surface area contributed by atoms with E-state index in [-0.39, 0.29) is 6.61 Å². The van der Waals surface area contributed by atoms with Crippen molar-refractivity contribution in [1.29, 1.82) is 0 Å². The first-order valence-corrected chi connectivity index (χ1v) is 6.53. The zero-order chi connectivity index (χ0) is 13.7. The van der Waals surface area contributed by atoms with E-state index in [1.807, 2.05) is 19.1 Å². The molecule has 0 aliphatic rings. The van der Waals surface area contributed by atoms with Crippen molar-refractivity contribution in [3.63, 3.8) is 0 Å². The molecule has 0 saturated heterocycles. The Kier molecular flexibility index (Phi) is 4.76. The molecule has 0 unspecified atom stereocenters. The number of aromatic nitrogens is 2. The lowest BCUT2D eigenvalue weighted by molar-refractivity contribution is 0.240. The minimum absolute atomic E-state index is 0.242. The van der Waals surface area contributed by atoms with Crippen molar-refractivity contribution >= 4 is 11.6 Å². The van der Waals surface area contributed by atoms with Gasteiger partial charge in [-0.3, -0.25) is 0 Å². The Labute approximate surface area is 116 Å². The highest BCUT2D eigenvalue weighted by molar-refractivity contribution is 6.30. The standard InChI is InChI=1S/C13H16ClN3O2/c1-2-12-16-13(19-17-12)8-18-11-4-3-10(14)7-9(11)5-6-15/h3-4,7H,2,5-6,8,15H2,1H3. The molecule has 0 atom stereocenters. The quantitative estimate of drug-likeness (QED) is 0.880. The van der Waals surface area contributed by atoms with Gasteiger partial charge >= 0.3 is 0 Å². The number of rotatable bonds is 6. The molecule has 1 aromatic heterocycles. The number of benzene rings is 1. The molecule has 19 heavy (non-hydrogen) atoms. The SMILES string of the molecule is CCc1noc(COc2ccc(Cl)cc2CCN)n1. The van der Waals surface area contributed by atoms with Crippen LogP contribution in [0.15, 0.2) is 22.7 Å². The van der Waals surface area contributed by atoms with E-state index in [9.17, 15) is 0 Å². The molecular formula is C13H16ClN3O2. The van der Waals surface area contributed by atoms with Gasteiger partial charge in [0.05, 0.1) is 0 Å². The molecule has 2 rings (SSSR count). The summed E-state index contributed by atoms with van der Waals surface area (Å²) in [5.41, 5.74) is 6.55. The van der Waals surface area contributed by atoms with Crippen molar-refractivity contribution < 1.29 is 9.26 Å². The fraction of sp³-hybridized carbons (Fsp3) is 0.385. The molecule has 1 aromatic carbocycles. The third kappa shape index (κ3) is 3.68. The van der Waals surface area contributed by atoms with E-state index in [1.165, 1.54) is 0 Å². The Morgan fingerprint density at radius 3 is 2.95 bits per heavy atom. The molecule has 2 N–H and O–H groups in total. The predicted octanol–water partition coefficient (Wildman–Crippen LogP) is 2.37. The van der Waals surface area contributed by atoms with E-state index in [0.717, 1.165) is 17.7 Å². The molecule has 0 fully saturated rings. The molecule has 0 aliphatic carbocycles. The van der Waals surface area contributed by atoms with Gasteiger partial charge < -0.3 is 15.0 Å². The predicted molar refractivity (Wildman–Crippen MR) is 72.2 cm³/mol. The first kappa shape index (κ1) is 13.8. The molecule has 0 saturated carbocycles. The van der Waals surface area contributed by atoms with Crippen LogP contribution < -0.4 is 10.5 Å². The van der Waals surface area contributed by atoms with Gasteiger partial charge in [0.15, 0.2) is 12.4 Å². The van der Waals surface area contributed by atoms with E-state index < -0.39 is 0 Å². The second-order valence-corrected chi connectivity index (χ2v) is 4.47. The van der Waals surface area contributed by atoms with Crippen molar-refractivity contribution in [3.8, 4) is 5.75 Å². The van der Waals surface area contributed by atoms with Crippen LogP contribution in [0.25, 0.3) is 0 Å². The van der Waals surface area contributed by atoms with Gasteiger partial charge in [-0.1, -0.05) is 23.7 Å². The fourth-order valence-corrected chi connectivity index (χ4v) is 1.87. The zero-order valence-electron chi connectivity index (χ0n) is 10.7. The summed E-state index contributed by atoms with van der Waals surface area (Å²) in [6.07, 6.45) is 1.45. The van der Waals surface area contributed by atoms with E-state index in [2.05, 4.69) is 10.1 Å². The molecule has 2 aromatic rings. The normalized spacial score (nSPS) is 10.7. The first-order valence-electron chi connectivity index (χ1n) is 6.15.